The van der Waals surface area contributed by atoms with E-state index < -0.39 is 23.3 Å². The van der Waals surface area contributed by atoms with Gasteiger partial charge in [-0.05, 0) is 46.5 Å². The molecule has 0 radical (unpaired) electrons. The van der Waals surface area contributed by atoms with Crippen LogP contribution < -0.4 is 5.32 Å². The van der Waals surface area contributed by atoms with Gasteiger partial charge in [0, 0.05) is 13.0 Å². The summed E-state index contributed by atoms with van der Waals surface area (Å²) in [4.78, 5) is 25.7. The molecule has 2 unspecified atom stereocenters. The molecule has 2 N–H and O–H groups in total. The van der Waals surface area contributed by atoms with Gasteiger partial charge in [-0.1, -0.05) is 0 Å². The molecule has 2 atom stereocenters. The summed E-state index contributed by atoms with van der Waals surface area (Å²) in [6, 6.07) is -0.905. The van der Waals surface area contributed by atoms with E-state index in [-0.39, 0.29) is 12.1 Å². The van der Waals surface area contributed by atoms with Gasteiger partial charge in [-0.2, -0.15) is 0 Å². The first kappa shape index (κ1) is 18.0. The highest BCUT2D eigenvalue weighted by Gasteiger charge is 2.48. The number of aromatic nitrogens is 2. The van der Waals surface area contributed by atoms with Crippen LogP contribution in [0.2, 0.25) is 0 Å². The number of ether oxygens (including phenoxy) is 1. The van der Waals surface area contributed by atoms with E-state index in [0.717, 1.165) is 17.9 Å². The summed E-state index contributed by atoms with van der Waals surface area (Å²) < 4.78 is 11.1. The smallest absolute Gasteiger partial charge is 0.408 e. The summed E-state index contributed by atoms with van der Waals surface area (Å²) in [7, 11) is 0. The number of alkyl carbamates (subject to hydrolysis) is 1. The quantitative estimate of drug-likeness (QED) is 0.767. The molecule has 1 aromatic rings. The van der Waals surface area contributed by atoms with Crippen LogP contribution in [0.25, 0.3) is 0 Å². The topological polar surface area (TPSA) is 121 Å². The molecule has 4 rings (SSSR count). The molecule has 10 heteroatoms. The number of nitrogens with zero attached hydrogens (tertiary/aromatic N) is 4. The third-order valence-electron chi connectivity index (χ3n) is 5.22. The lowest BCUT2D eigenvalue weighted by Crippen LogP contribution is -2.42. The van der Waals surface area contributed by atoms with E-state index in [1.165, 1.54) is 0 Å². The zero-order valence-electron chi connectivity index (χ0n) is 15.8. The third-order valence-corrected chi connectivity index (χ3v) is 5.22. The number of fused-ring (bicyclic) bond motifs is 2. The monoisotopic (exact) mass is 379 g/mol. The Morgan fingerprint density at radius 1 is 1.37 bits per heavy atom. The Morgan fingerprint density at radius 3 is 2.78 bits per heavy atom. The molecular weight excluding hydrogens is 354 g/mol. The zero-order chi connectivity index (χ0) is 19.4. The summed E-state index contributed by atoms with van der Waals surface area (Å²) in [5.41, 5.74) is -0.964. The number of piperidine rings is 1. The summed E-state index contributed by atoms with van der Waals surface area (Å²) >= 11 is 0. The first-order valence-corrected chi connectivity index (χ1v) is 9.28. The second-order valence-electron chi connectivity index (χ2n) is 8.64. The van der Waals surface area contributed by atoms with E-state index in [1.807, 2.05) is 20.8 Å². The number of hydroxylamine groups is 2. The van der Waals surface area contributed by atoms with Crippen molar-refractivity contribution in [2.24, 2.45) is 0 Å². The largest absolute Gasteiger partial charge is 0.444 e. The fraction of sp³-hybridized carbons (Fsp3) is 0.765. The van der Waals surface area contributed by atoms with E-state index >= 15 is 0 Å². The molecule has 0 spiro atoms. The van der Waals surface area contributed by atoms with Crippen molar-refractivity contribution in [3.8, 4) is 0 Å². The second-order valence-corrected chi connectivity index (χ2v) is 8.64. The van der Waals surface area contributed by atoms with Crippen LogP contribution in [-0.4, -0.2) is 61.2 Å². The standard InChI is InChI=1S/C17H25N5O5/c1-16(2,3)27-14(23)18-17(6-7-17)8-12-19-20-13(26-12)11-5-4-10-9-21(11)15(24)22(10)25/h10-11,25H,4-9H2,1-3H3,(H,18,23). The minimum Gasteiger partial charge on any atom is -0.444 e. The van der Waals surface area contributed by atoms with Crippen LogP contribution in [0.15, 0.2) is 4.42 Å². The fourth-order valence-corrected chi connectivity index (χ4v) is 3.69. The van der Waals surface area contributed by atoms with Gasteiger partial charge in [-0.3, -0.25) is 5.21 Å². The lowest BCUT2D eigenvalue weighted by Gasteiger charge is -2.27. The molecular formula is C17H25N5O5. The Hall–Kier alpha value is -2.36. The molecule has 2 aliphatic heterocycles. The van der Waals surface area contributed by atoms with Crippen LogP contribution in [0.3, 0.4) is 0 Å². The number of carbonyl (C=O) groups is 2. The van der Waals surface area contributed by atoms with Gasteiger partial charge in [0.25, 0.3) is 0 Å². The van der Waals surface area contributed by atoms with E-state index in [1.54, 1.807) is 4.90 Å². The lowest BCUT2D eigenvalue weighted by molar-refractivity contribution is -0.0584. The molecule has 27 heavy (non-hydrogen) atoms. The number of urea groups is 1. The van der Waals surface area contributed by atoms with Crippen molar-refractivity contribution in [2.45, 2.75) is 76.1 Å². The summed E-state index contributed by atoms with van der Waals surface area (Å²) in [6.07, 6.45) is 2.96. The van der Waals surface area contributed by atoms with Crippen molar-refractivity contribution in [1.82, 2.24) is 25.5 Å². The Bertz CT molecular complexity index is 753. The number of rotatable bonds is 4. The molecule has 10 nitrogen and oxygen atoms in total. The van der Waals surface area contributed by atoms with Gasteiger partial charge in [0.05, 0.1) is 11.6 Å². The molecule has 2 saturated heterocycles. The number of hydrogen-bond acceptors (Lipinski definition) is 7. The minimum absolute atomic E-state index is 0.163. The Labute approximate surface area is 156 Å². The van der Waals surface area contributed by atoms with E-state index in [9.17, 15) is 14.8 Å². The number of nitrogens with one attached hydrogen (secondary N) is 1. The molecule has 2 bridgehead atoms. The third kappa shape index (κ3) is 3.58. The highest BCUT2D eigenvalue weighted by atomic mass is 16.6. The first-order chi connectivity index (χ1) is 12.7. The molecule has 1 aliphatic carbocycles. The van der Waals surface area contributed by atoms with Crippen LogP contribution in [0, 0.1) is 0 Å². The Balaban J connectivity index is 1.40. The van der Waals surface area contributed by atoms with Gasteiger partial charge < -0.3 is 19.4 Å². The summed E-state index contributed by atoms with van der Waals surface area (Å²) in [6.45, 7) is 5.91. The maximum Gasteiger partial charge on any atom is 0.408 e. The van der Waals surface area contributed by atoms with Gasteiger partial charge in [-0.25, -0.2) is 14.7 Å². The van der Waals surface area contributed by atoms with Gasteiger partial charge in [-0.15, -0.1) is 10.2 Å². The minimum atomic E-state index is -0.556. The molecule has 3 aliphatic rings. The number of hydrogen-bond donors (Lipinski definition) is 2. The van der Waals surface area contributed by atoms with E-state index in [0.29, 0.717) is 37.6 Å². The SMILES string of the molecule is CC(C)(C)OC(=O)NC1(Cc2nnc(C3CCC4CN3C(=O)N4O)o2)CC1. The van der Waals surface area contributed by atoms with Crippen LogP contribution in [0.5, 0.6) is 0 Å². The van der Waals surface area contributed by atoms with E-state index in [4.69, 9.17) is 9.15 Å². The molecule has 148 valence electrons. The molecule has 3 amide bonds. The highest BCUT2D eigenvalue weighted by molar-refractivity contribution is 5.76. The van der Waals surface area contributed by atoms with Crippen molar-refractivity contribution in [1.29, 1.82) is 0 Å². The Kier molecular flexibility index (Phi) is 4.06. The molecule has 1 saturated carbocycles. The van der Waals surface area contributed by atoms with Crippen LogP contribution in [0.4, 0.5) is 9.59 Å². The Morgan fingerprint density at radius 2 is 2.11 bits per heavy atom. The van der Waals surface area contributed by atoms with Gasteiger partial charge >= 0.3 is 12.1 Å². The summed E-state index contributed by atoms with van der Waals surface area (Å²) in [5, 5.41) is 21.7. The van der Waals surface area contributed by atoms with Crippen LogP contribution >= 0.6 is 0 Å². The predicted octanol–water partition coefficient (Wildman–Crippen LogP) is 2.00. The number of amides is 3. The van der Waals surface area contributed by atoms with E-state index in [2.05, 4.69) is 15.5 Å². The average Bonchev–Trinajstić information content (AvgIpc) is 3.08. The van der Waals surface area contributed by atoms with Crippen LogP contribution in [-0.2, 0) is 11.2 Å². The zero-order valence-corrected chi connectivity index (χ0v) is 15.8. The normalized spacial score (nSPS) is 26.3. The molecule has 1 aromatic heterocycles. The van der Waals surface area contributed by atoms with Crippen molar-refractivity contribution < 1.29 is 24.0 Å². The molecule has 3 fully saturated rings. The predicted molar refractivity (Wildman–Crippen MR) is 90.8 cm³/mol. The number of carbonyl (C=O) groups excluding carboxylic acids is 2. The van der Waals surface area contributed by atoms with Gasteiger partial charge in [0.15, 0.2) is 0 Å². The highest BCUT2D eigenvalue weighted by Crippen LogP contribution is 2.40. The lowest BCUT2D eigenvalue weighted by atomic mass is 10.0. The second kappa shape index (κ2) is 6.08. The molecule has 3 heterocycles. The maximum absolute atomic E-state index is 12.1. The fourth-order valence-electron chi connectivity index (χ4n) is 3.69. The van der Waals surface area contributed by atoms with Crippen molar-refractivity contribution >= 4 is 12.1 Å². The van der Waals surface area contributed by atoms with Crippen LogP contribution in [0.1, 0.15) is 64.3 Å². The van der Waals surface area contributed by atoms with Crippen molar-refractivity contribution in [3.05, 3.63) is 11.8 Å². The first-order valence-electron chi connectivity index (χ1n) is 9.28. The summed E-state index contributed by atoms with van der Waals surface area (Å²) in [5.74, 6) is 0.799. The average molecular weight is 379 g/mol. The maximum atomic E-state index is 12.1. The molecule has 0 aromatic carbocycles. The van der Waals surface area contributed by atoms with Gasteiger partial charge in [0.2, 0.25) is 11.8 Å². The van der Waals surface area contributed by atoms with Gasteiger partial charge in [0.1, 0.15) is 11.6 Å². The van der Waals surface area contributed by atoms with Crippen molar-refractivity contribution in [2.75, 3.05) is 6.54 Å². The van der Waals surface area contributed by atoms with Crippen molar-refractivity contribution in [3.63, 3.8) is 0 Å².